The number of carbonyl (C=O) groups is 3. The molecule has 0 aliphatic carbocycles. The highest BCUT2D eigenvalue weighted by Crippen LogP contribution is 2.15. The summed E-state index contributed by atoms with van der Waals surface area (Å²) in [6.07, 6.45) is 0. The molecule has 1 aliphatic rings. The highest BCUT2D eigenvalue weighted by molar-refractivity contribution is 6.08. The van der Waals surface area contributed by atoms with Crippen molar-refractivity contribution < 1.29 is 14.4 Å². The highest BCUT2D eigenvalue weighted by atomic mass is 35.5. The lowest BCUT2D eigenvalue weighted by Crippen LogP contribution is -2.45. The first-order valence-corrected chi connectivity index (χ1v) is 5.86. The van der Waals surface area contributed by atoms with Crippen LogP contribution in [0.25, 0.3) is 0 Å². The van der Waals surface area contributed by atoms with Crippen LogP contribution in [0, 0.1) is 0 Å². The van der Waals surface area contributed by atoms with Crippen molar-refractivity contribution in [2.24, 2.45) is 0 Å². The summed E-state index contributed by atoms with van der Waals surface area (Å²) < 4.78 is 0. The number of rotatable bonds is 5. The summed E-state index contributed by atoms with van der Waals surface area (Å²) in [6, 6.07) is -0.393. The molecule has 7 nitrogen and oxygen atoms in total. The monoisotopic (exact) mass is 292 g/mol. The molecule has 1 heterocycles. The summed E-state index contributed by atoms with van der Waals surface area (Å²) in [7, 11) is 1.79. The number of halogens is 1. The van der Waals surface area contributed by atoms with E-state index in [4.69, 9.17) is 0 Å². The molecule has 1 rings (SSSR count). The molecule has 0 aromatic rings. The predicted molar refractivity (Wildman–Crippen MR) is 73.1 cm³/mol. The quantitative estimate of drug-likeness (QED) is 0.594. The van der Waals surface area contributed by atoms with Gasteiger partial charge in [-0.05, 0) is 27.8 Å². The molecule has 110 valence electrons. The van der Waals surface area contributed by atoms with Crippen molar-refractivity contribution in [3.05, 3.63) is 0 Å². The average molecular weight is 293 g/mol. The van der Waals surface area contributed by atoms with Gasteiger partial charge in [-0.1, -0.05) is 0 Å². The van der Waals surface area contributed by atoms with Gasteiger partial charge in [-0.2, -0.15) is 0 Å². The van der Waals surface area contributed by atoms with Crippen LogP contribution in [0.4, 0.5) is 4.79 Å². The van der Waals surface area contributed by atoms with Crippen LogP contribution in [0.3, 0.4) is 0 Å². The third-order valence-electron chi connectivity index (χ3n) is 2.84. The van der Waals surface area contributed by atoms with Crippen molar-refractivity contribution in [2.45, 2.75) is 32.4 Å². The van der Waals surface area contributed by atoms with E-state index in [9.17, 15) is 14.4 Å². The van der Waals surface area contributed by atoms with Crippen LogP contribution < -0.4 is 16.0 Å². The summed E-state index contributed by atoms with van der Waals surface area (Å²) >= 11 is 0. The van der Waals surface area contributed by atoms with Crippen LogP contribution in [0.15, 0.2) is 0 Å². The zero-order valence-electron chi connectivity index (χ0n) is 11.6. The van der Waals surface area contributed by atoms with Crippen molar-refractivity contribution in [2.75, 3.05) is 20.1 Å². The van der Waals surface area contributed by atoms with Crippen LogP contribution in [0.5, 0.6) is 0 Å². The topological polar surface area (TPSA) is 90.5 Å². The number of amides is 4. The Morgan fingerprint density at radius 1 is 1.42 bits per heavy atom. The smallest absolute Gasteiger partial charge is 0.325 e. The molecule has 0 saturated carbocycles. The van der Waals surface area contributed by atoms with Gasteiger partial charge in [0.05, 0.1) is 0 Å². The van der Waals surface area contributed by atoms with E-state index in [1.165, 1.54) is 0 Å². The second kappa shape index (κ2) is 6.72. The molecule has 3 N–H and O–H groups in total. The van der Waals surface area contributed by atoms with Gasteiger partial charge in [0.1, 0.15) is 12.1 Å². The molecule has 0 radical (unpaired) electrons. The standard InChI is InChI=1S/C11H20N4O3.ClH/c1-7(12-4)5-13-8(16)6-15-9(17)11(2,3)14-10(15)18;/h7,12H,5-6H2,1-4H3,(H,13,16)(H,14,18);1H. The number of hydrogen-bond donors (Lipinski definition) is 3. The summed E-state index contributed by atoms with van der Waals surface area (Å²) in [5.41, 5.74) is -0.935. The molecule has 1 unspecified atom stereocenters. The number of carbonyl (C=O) groups excluding carboxylic acids is 3. The first kappa shape index (κ1) is 17.7. The number of imide groups is 1. The fourth-order valence-corrected chi connectivity index (χ4v) is 1.53. The van der Waals surface area contributed by atoms with E-state index in [0.29, 0.717) is 6.54 Å². The number of urea groups is 1. The van der Waals surface area contributed by atoms with E-state index in [1.807, 2.05) is 6.92 Å². The summed E-state index contributed by atoms with van der Waals surface area (Å²) in [4.78, 5) is 35.9. The van der Waals surface area contributed by atoms with Crippen LogP contribution in [-0.4, -0.2) is 54.5 Å². The maximum Gasteiger partial charge on any atom is 0.325 e. The van der Waals surface area contributed by atoms with Crippen LogP contribution in [0.2, 0.25) is 0 Å². The van der Waals surface area contributed by atoms with Gasteiger partial charge in [0, 0.05) is 12.6 Å². The molecular weight excluding hydrogens is 272 g/mol. The van der Waals surface area contributed by atoms with Crippen molar-refractivity contribution >= 4 is 30.3 Å². The minimum atomic E-state index is -0.935. The molecular formula is C11H21ClN4O3. The maximum atomic E-state index is 11.8. The van der Waals surface area contributed by atoms with Gasteiger partial charge < -0.3 is 16.0 Å². The Kier molecular flexibility index (Phi) is 6.24. The predicted octanol–water partition coefficient (Wildman–Crippen LogP) is -0.537. The molecule has 8 heteroatoms. The molecule has 0 aromatic heterocycles. The largest absolute Gasteiger partial charge is 0.353 e. The zero-order valence-corrected chi connectivity index (χ0v) is 12.4. The molecule has 1 atom stereocenters. The van der Waals surface area contributed by atoms with Gasteiger partial charge in [0.15, 0.2) is 0 Å². The van der Waals surface area contributed by atoms with Crippen molar-refractivity contribution in [3.63, 3.8) is 0 Å². The van der Waals surface area contributed by atoms with Crippen LogP contribution in [0.1, 0.15) is 20.8 Å². The SMILES string of the molecule is CNC(C)CNC(=O)CN1C(=O)NC(C)(C)C1=O.Cl. The highest BCUT2D eigenvalue weighted by Gasteiger charge is 2.44. The van der Waals surface area contributed by atoms with Gasteiger partial charge in [-0.15, -0.1) is 12.4 Å². The van der Waals surface area contributed by atoms with Crippen molar-refractivity contribution in [1.29, 1.82) is 0 Å². The lowest BCUT2D eigenvalue weighted by Gasteiger charge is -2.16. The zero-order chi connectivity index (χ0) is 13.9. The van der Waals surface area contributed by atoms with Gasteiger partial charge in [0.25, 0.3) is 5.91 Å². The summed E-state index contributed by atoms with van der Waals surface area (Å²) in [6.45, 7) is 5.33. The lowest BCUT2D eigenvalue weighted by molar-refractivity contribution is -0.134. The summed E-state index contributed by atoms with van der Waals surface area (Å²) in [5.74, 6) is -0.734. The second-order valence-corrected chi connectivity index (χ2v) is 4.94. The average Bonchev–Trinajstić information content (AvgIpc) is 2.48. The van der Waals surface area contributed by atoms with Crippen molar-refractivity contribution in [3.8, 4) is 0 Å². The van der Waals surface area contributed by atoms with E-state index in [0.717, 1.165) is 4.90 Å². The van der Waals surface area contributed by atoms with Gasteiger partial charge >= 0.3 is 6.03 Å². The van der Waals surface area contributed by atoms with E-state index in [1.54, 1.807) is 20.9 Å². The van der Waals surface area contributed by atoms with E-state index < -0.39 is 11.6 Å². The lowest BCUT2D eigenvalue weighted by atomic mass is 10.1. The molecule has 19 heavy (non-hydrogen) atoms. The maximum absolute atomic E-state index is 11.8. The summed E-state index contributed by atoms with van der Waals surface area (Å²) in [5, 5.41) is 8.14. The van der Waals surface area contributed by atoms with Gasteiger partial charge in [0.2, 0.25) is 5.91 Å². The van der Waals surface area contributed by atoms with Crippen LogP contribution in [-0.2, 0) is 9.59 Å². The van der Waals surface area contributed by atoms with E-state index in [2.05, 4.69) is 16.0 Å². The Bertz CT molecular complexity index is 373. The normalized spacial score (nSPS) is 18.6. The first-order valence-electron chi connectivity index (χ1n) is 5.86. The van der Waals surface area contributed by atoms with E-state index in [-0.39, 0.29) is 36.8 Å². The number of hydrogen-bond acceptors (Lipinski definition) is 4. The molecule has 0 aromatic carbocycles. The molecule has 1 aliphatic heterocycles. The number of nitrogens with zero attached hydrogens (tertiary/aromatic N) is 1. The fourth-order valence-electron chi connectivity index (χ4n) is 1.53. The Morgan fingerprint density at radius 3 is 2.42 bits per heavy atom. The Hall–Kier alpha value is -1.34. The Balaban J connectivity index is 0.00000324. The molecule has 1 saturated heterocycles. The minimum Gasteiger partial charge on any atom is -0.353 e. The van der Waals surface area contributed by atoms with Crippen molar-refractivity contribution in [1.82, 2.24) is 20.9 Å². The Morgan fingerprint density at radius 2 is 2.00 bits per heavy atom. The molecule has 0 bridgehead atoms. The third-order valence-corrected chi connectivity index (χ3v) is 2.84. The molecule has 4 amide bonds. The third kappa shape index (κ3) is 4.36. The number of likely N-dealkylation sites (N-methyl/N-ethyl adjacent to an activating group) is 1. The van der Waals surface area contributed by atoms with E-state index >= 15 is 0 Å². The Labute approximate surface area is 118 Å². The molecule has 1 fully saturated rings. The fraction of sp³-hybridized carbons (Fsp3) is 0.727. The molecule has 0 spiro atoms. The number of nitrogens with one attached hydrogen (secondary N) is 3. The van der Waals surface area contributed by atoms with Gasteiger partial charge in [-0.3, -0.25) is 14.5 Å². The van der Waals surface area contributed by atoms with Gasteiger partial charge in [-0.25, -0.2) is 4.79 Å². The second-order valence-electron chi connectivity index (χ2n) is 4.94. The minimum absolute atomic E-state index is 0. The van der Waals surface area contributed by atoms with Crippen LogP contribution >= 0.6 is 12.4 Å². The first-order chi connectivity index (χ1) is 8.27.